The van der Waals surface area contributed by atoms with E-state index in [0.717, 1.165) is 5.69 Å². The van der Waals surface area contributed by atoms with Crippen molar-refractivity contribution in [1.82, 2.24) is 14.8 Å². The first-order valence-electron chi connectivity index (χ1n) is 5.27. The van der Waals surface area contributed by atoms with Crippen LogP contribution >= 0.6 is 47.3 Å². The Morgan fingerprint density at radius 1 is 1.50 bits per heavy atom. The van der Waals surface area contributed by atoms with Crippen molar-refractivity contribution >= 4 is 58.2 Å². The summed E-state index contributed by atoms with van der Waals surface area (Å²) in [5, 5.41) is 4.68. The quantitative estimate of drug-likeness (QED) is 0.465. The molecule has 0 fully saturated rings. The highest BCUT2D eigenvalue weighted by atomic mass is 127. The van der Waals surface area contributed by atoms with Gasteiger partial charge in [0.15, 0.2) is 5.17 Å². The molecule has 0 atom stereocenters. The molecule has 0 unspecified atom stereocenters. The number of methoxy groups -OCH3 is 1. The van der Waals surface area contributed by atoms with Gasteiger partial charge in [0.2, 0.25) is 5.28 Å². The van der Waals surface area contributed by atoms with Gasteiger partial charge < -0.3 is 10.5 Å². The molecule has 0 aliphatic carbocycles. The maximum atomic E-state index is 5.70. The van der Waals surface area contributed by atoms with Crippen LogP contribution in [-0.2, 0) is 0 Å². The minimum atomic E-state index is 0. The third-order valence-corrected chi connectivity index (χ3v) is 3.01. The number of thioether (sulfide) groups is 1. The molecule has 0 spiro atoms. The first-order chi connectivity index (χ1) is 9.13. The van der Waals surface area contributed by atoms with Crippen LogP contribution < -0.4 is 10.5 Å². The Kier molecular flexibility index (Phi) is 6.56. The minimum absolute atomic E-state index is 0. The van der Waals surface area contributed by atoms with Crippen molar-refractivity contribution < 1.29 is 4.74 Å². The Morgan fingerprint density at radius 3 is 2.80 bits per heavy atom. The van der Waals surface area contributed by atoms with Gasteiger partial charge in [-0.3, -0.25) is 0 Å². The predicted molar refractivity (Wildman–Crippen MR) is 93.1 cm³/mol. The summed E-state index contributed by atoms with van der Waals surface area (Å²) in [5.74, 6) is 0.608. The van der Waals surface area contributed by atoms with Crippen LogP contribution in [0.15, 0.2) is 29.5 Å². The fraction of sp³-hybridized carbons (Fsp3) is 0.182. The van der Waals surface area contributed by atoms with Gasteiger partial charge in [-0.1, -0.05) is 11.8 Å². The summed E-state index contributed by atoms with van der Waals surface area (Å²) in [5.41, 5.74) is 7.11. The summed E-state index contributed by atoms with van der Waals surface area (Å²) in [6, 6.07) is 5.40. The average Bonchev–Trinajstić information content (AvgIpc) is 2.84. The number of halogens is 2. The van der Waals surface area contributed by atoms with Gasteiger partial charge in [-0.15, -0.1) is 29.1 Å². The third kappa shape index (κ3) is 4.00. The molecule has 1 aromatic heterocycles. The number of rotatable bonds is 3. The van der Waals surface area contributed by atoms with Crippen LogP contribution in [0.5, 0.6) is 5.75 Å². The number of nitrogens with two attached hydrogens (primary N) is 1. The summed E-state index contributed by atoms with van der Waals surface area (Å²) in [4.78, 5) is 8.10. The largest absolute Gasteiger partial charge is 0.494 e. The van der Waals surface area contributed by atoms with Crippen molar-refractivity contribution in [3.63, 3.8) is 0 Å². The van der Waals surface area contributed by atoms with E-state index in [1.165, 1.54) is 22.8 Å². The maximum Gasteiger partial charge on any atom is 0.242 e. The molecule has 0 aliphatic rings. The fourth-order valence-corrected chi connectivity index (χ4v) is 1.78. The van der Waals surface area contributed by atoms with Crippen LogP contribution in [0, 0.1) is 0 Å². The molecular formula is C11H13ClIN5OS. The monoisotopic (exact) mass is 425 g/mol. The van der Waals surface area contributed by atoms with E-state index in [4.69, 9.17) is 22.1 Å². The Hall–Kier alpha value is -1.00. The average molecular weight is 426 g/mol. The number of hydrogen-bond donors (Lipinski definition) is 1. The highest BCUT2D eigenvalue weighted by Crippen LogP contribution is 2.28. The van der Waals surface area contributed by atoms with Crippen LogP contribution in [0.1, 0.15) is 0 Å². The fourth-order valence-electron chi connectivity index (χ4n) is 1.46. The number of aliphatic imine (C=N–C) groups is 1. The summed E-state index contributed by atoms with van der Waals surface area (Å²) in [6.07, 6.45) is 3.38. The van der Waals surface area contributed by atoms with E-state index < -0.39 is 0 Å². The molecule has 0 aliphatic heterocycles. The van der Waals surface area contributed by atoms with Gasteiger partial charge in [0.25, 0.3) is 0 Å². The molecular weight excluding hydrogens is 413 g/mol. The molecule has 6 nitrogen and oxygen atoms in total. The highest BCUT2D eigenvalue weighted by molar-refractivity contribution is 14.0. The highest BCUT2D eigenvalue weighted by Gasteiger charge is 2.08. The molecule has 0 amide bonds. The lowest BCUT2D eigenvalue weighted by Gasteiger charge is -2.08. The van der Waals surface area contributed by atoms with E-state index in [9.17, 15) is 0 Å². The Bertz CT molecular complexity index is 619. The van der Waals surface area contributed by atoms with Crippen LogP contribution in [0.25, 0.3) is 5.69 Å². The molecule has 2 N–H and O–H groups in total. The Labute approximate surface area is 142 Å². The number of ether oxygens (including phenoxy) is 1. The van der Waals surface area contributed by atoms with Gasteiger partial charge in [-0.05, 0) is 30.0 Å². The van der Waals surface area contributed by atoms with Gasteiger partial charge in [0.05, 0.1) is 12.8 Å². The van der Waals surface area contributed by atoms with Crippen molar-refractivity contribution in [3.8, 4) is 11.4 Å². The second kappa shape index (κ2) is 7.70. The van der Waals surface area contributed by atoms with Crippen molar-refractivity contribution in [2.24, 2.45) is 10.7 Å². The lowest BCUT2D eigenvalue weighted by Crippen LogP contribution is -2.04. The molecule has 1 heterocycles. The number of benzene rings is 1. The first-order valence-corrected chi connectivity index (χ1v) is 6.88. The number of amidine groups is 1. The van der Waals surface area contributed by atoms with E-state index >= 15 is 0 Å². The second-order valence-corrected chi connectivity index (χ2v) is 4.63. The lowest BCUT2D eigenvalue weighted by molar-refractivity contribution is 0.412. The van der Waals surface area contributed by atoms with Crippen molar-refractivity contribution in [1.29, 1.82) is 0 Å². The third-order valence-electron chi connectivity index (χ3n) is 2.32. The first kappa shape index (κ1) is 17.1. The van der Waals surface area contributed by atoms with E-state index in [1.807, 2.05) is 18.4 Å². The molecule has 108 valence electrons. The Balaban J connectivity index is 0.00000200. The topological polar surface area (TPSA) is 78.3 Å². The molecule has 0 bridgehead atoms. The Morgan fingerprint density at radius 2 is 2.25 bits per heavy atom. The number of hydrogen-bond acceptors (Lipinski definition) is 5. The maximum absolute atomic E-state index is 5.70. The van der Waals surface area contributed by atoms with Crippen LogP contribution in [-0.4, -0.2) is 33.3 Å². The van der Waals surface area contributed by atoms with Gasteiger partial charge in [0.1, 0.15) is 17.8 Å². The summed E-state index contributed by atoms with van der Waals surface area (Å²) < 4.78 is 6.85. The van der Waals surface area contributed by atoms with Crippen LogP contribution in [0.3, 0.4) is 0 Å². The van der Waals surface area contributed by atoms with Gasteiger partial charge in [0, 0.05) is 6.07 Å². The molecule has 20 heavy (non-hydrogen) atoms. The van der Waals surface area contributed by atoms with E-state index in [2.05, 4.69) is 15.1 Å². The molecule has 9 heteroatoms. The number of nitrogens with zero attached hydrogens (tertiary/aromatic N) is 4. The normalized spacial score (nSPS) is 11.1. The summed E-state index contributed by atoms with van der Waals surface area (Å²) >= 11 is 7.08. The minimum Gasteiger partial charge on any atom is -0.494 e. The van der Waals surface area contributed by atoms with Gasteiger partial charge in [-0.2, -0.15) is 0 Å². The molecule has 0 saturated carbocycles. The molecule has 2 rings (SSSR count). The van der Waals surface area contributed by atoms with Crippen molar-refractivity contribution in [2.45, 2.75) is 0 Å². The molecule has 1 aromatic carbocycles. The smallest absolute Gasteiger partial charge is 0.242 e. The standard InChI is InChI=1S/C11H12ClN5OS.HI/c1-18-9-5-7(15-11(13)19-2)3-4-8(9)17-6-14-10(12)16-17;/h3-6H,1-2H3,(H2,13,15);1H. The zero-order valence-corrected chi connectivity index (χ0v) is 14.7. The van der Waals surface area contributed by atoms with Crippen molar-refractivity contribution in [2.75, 3.05) is 13.4 Å². The second-order valence-electron chi connectivity index (χ2n) is 3.47. The zero-order valence-electron chi connectivity index (χ0n) is 10.8. The molecule has 0 radical (unpaired) electrons. The predicted octanol–water partition coefficient (Wildman–Crippen LogP) is 2.86. The van der Waals surface area contributed by atoms with E-state index in [1.54, 1.807) is 13.2 Å². The summed E-state index contributed by atoms with van der Waals surface area (Å²) in [6.45, 7) is 0. The van der Waals surface area contributed by atoms with Crippen LogP contribution in [0.4, 0.5) is 5.69 Å². The molecule has 0 saturated heterocycles. The number of aromatic nitrogens is 3. The van der Waals surface area contributed by atoms with Crippen molar-refractivity contribution in [3.05, 3.63) is 29.8 Å². The summed E-state index contributed by atoms with van der Waals surface area (Å²) in [7, 11) is 1.57. The van der Waals surface area contributed by atoms with Crippen LogP contribution in [0.2, 0.25) is 5.28 Å². The van der Waals surface area contributed by atoms with Gasteiger partial charge in [-0.25, -0.2) is 14.7 Å². The van der Waals surface area contributed by atoms with Gasteiger partial charge >= 0.3 is 0 Å². The zero-order chi connectivity index (χ0) is 13.8. The molecule has 2 aromatic rings. The SMILES string of the molecule is COc1cc(N=C(N)SC)ccc1-n1cnc(Cl)n1.I. The van der Waals surface area contributed by atoms with E-state index in [0.29, 0.717) is 16.6 Å². The lowest BCUT2D eigenvalue weighted by atomic mass is 10.2. The van der Waals surface area contributed by atoms with E-state index in [-0.39, 0.29) is 29.3 Å².